The minimum Gasteiger partial charge on any atom is -0.358 e. The van der Waals surface area contributed by atoms with Crippen LogP contribution in [0.3, 0.4) is 0 Å². The van der Waals surface area contributed by atoms with Crippen LogP contribution in [0.15, 0.2) is 48.5 Å². The lowest BCUT2D eigenvalue weighted by Crippen LogP contribution is -1.96. The zero-order valence-electron chi connectivity index (χ0n) is 8.33. The highest BCUT2D eigenvalue weighted by Gasteiger charge is 2.08. The number of pyridine rings is 1. The summed E-state index contributed by atoms with van der Waals surface area (Å²) in [5.74, 6) is 0.293. The van der Waals surface area contributed by atoms with Crippen molar-refractivity contribution in [1.29, 1.82) is 0 Å². The molecule has 0 saturated carbocycles. The van der Waals surface area contributed by atoms with Crippen molar-refractivity contribution in [3.05, 3.63) is 58.6 Å². The Balaban J connectivity index is 2.22. The quantitative estimate of drug-likeness (QED) is 0.631. The topological polar surface area (TPSA) is 68.1 Å². The molecule has 2 aromatic rings. The smallest absolute Gasteiger partial charge is 0.358 e. The van der Waals surface area contributed by atoms with Crippen LogP contribution in [0.25, 0.3) is 0 Å². The van der Waals surface area contributed by atoms with Crippen LogP contribution in [0.4, 0.5) is 17.3 Å². The number of rotatable bonds is 3. The number of aromatic nitrogens is 1. The number of hydrogen-bond donors (Lipinski definition) is 1. The van der Waals surface area contributed by atoms with Crippen LogP contribution in [-0.4, -0.2) is 9.91 Å². The third-order valence-corrected chi connectivity index (χ3v) is 1.97. The van der Waals surface area contributed by atoms with Gasteiger partial charge in [0, 0.05) is 17.8 Å². The Morgan fingerprint density at radius 3 is 2.50 bits per heavy atom. The molecule has 5 heteroatoms. The maximum absolute atomic E-state index is 10.5. The van der Waals surface area contributed by atoms with Crippen LogP contribution in [0.2, 0.25) is 0 Å². The molecule has 2 rings (SSSR count). The van der Waals surface area contributed by atoms with Crippen molar-refractivity contribution in [3.8, 4) is 0 Å². The molecule has 0 bridgehead atoms. The fraction of sp³-hybridized carbons (Fsp3) is 0. The van der Waals surface area contributed by atoms with Gasteiger partial charge in [0.1, 0.15) is 0 Å². The predicted octanol–water partition coefficient (Wildman–Crippen LogP) is 2.73. The largest absolute Gasteiger partial charge is 0.365 e. The molecule has 1 heterocycles. The van der Waals surface area contributed by atoms with Gasteiger partial charge in [0.25, 0.3) is 0 Å². The van der Waals surface area contributed by atoms with E-state index in [0.717, 1.165) is 5.69 Å². The number of nitro groups is 1. The van der Waals surface area contributed by atoms with Crippen molar-refractivity contribution in [2.45, 2.75) is 0 Å². The normalized spacial score (nSPS) is 9.75. The summed E-state index contributed by atoms with van der Waals surface area (Å²) in [5, 5.41) is 13.5. The molecule has 0 aliphatic rings. The molecule has 80 valence electrons. The van der Waals surface area contributed by atoms with Crippen LogP contribution < -0.4 is 5.32 Å². The molecule has 0 aliphatic heterocycles. The van der Waals surface area contributed by atoms with Gasteiger partial charge in [-0.05, 0) is 28.1 Å². The maximum Gasteiger partial charge on any atom is 0.365 e. The molecule has 0 saturated heterocycles. The van der Waals surface area contributed by atoms with Gasteiger partial charge < -0.3 is 15.4 Å². The number of anilines is 2. The molecule has 1 N–H and O–H groups in total. The Labute approximate surface area is 91.9 Å². The molecule has 1 aromatic heterocycles. The highest BCUT2D eigenvalue weighted by Crippen LogP contribution is 2.16. The van der Waals surface area contributed by atoms with Gasteiger partial charge in [0.2, 0.25) is 5.82 Å². The minimum atomic E-state index is -0.518. The van der Waals surface area contributed by atoms with Crippen LogP contribution >= 0.6 is 0 Å². The Kier molecular flexibility index (Phi) is 2.77. The SMILES string of the molecule is O=[N+]([O-])c1cccc(Nc2ccccc2)n1. The average Bonchev–Trinajstić information content (AvgIpc) is 2.30. The second-order valence-electron chi connectivity index (χ2n) is 3.13. The van der Waals surface area contributed by atoms with E-state index in [-0.39, 0.29) is 5.82 Å². The van der Waals surface area contributed by atoms with Crippen LogP contribution in [0, 0.1) is 10.1 Å². The zero-order valence-corrected chi connectivity index (χ0v) is 8.33. The van der Waals surface area contributed by atoms with Gasteiger partial charge in [-0.3, -0.25) is 0 Å². The Morgan fingerprint density at radius 1 is 1.06 bits per heavy atom. The maximum atomic E-state index is 10.5. The van der Waals surface area contributed by atoms with Gasteiger partial charge >= 0.3 is 5.82 Å². The second kappa shape index (κ2) is 4.39. The first-order valence-corrected chi connectivity index (χ1v) is 4.69. The molecule has 0 atom stereocenters. The van der Waals surface area contributed by atoms with E-state index in [2.05, 4.69) is 10.3 Å². The van der Waals surface area contributed by atoms with E-state index in [1.165, 1.54) is 6.07 Å². The number of benzene rings is 1. The molecule has 0 unspecified atom stereocenters. The lowest BCUT2D eigenvalue weighted by atomic mass is 10.3. The minimum absolute atomic E-state index is 0.166. The van der Waals surface area contributed by atoms with Crippen LogP contribution in [0.5, 0.6) is 0 Å². The van der Waals surface area contributed by atoms with Crippen LogP contribution in [-0.2, 0) is 0 Å². The van der Waals surface area contributed by atoms with E-state index in [1.54, 1.807) is 12.1 Å². The van der Waals surface area contributed by atoms with E-state index < -0.39 is 4.92 Å². The summed E-state index contributed by atoms with van der Waals surface area (Å²) in [6.45, 7) is 0. The summed E-state index contributed by atoms with van der Waals surface area (Å²) in [7, 11) is 0. The number of nitrogens with zero attached hydrogens (tertiary/aromatic N) is 2. The standard InChI is InChI=1S/C11H9N3O2/c15-14(16)11-8-4-7-10(13-11)12-9-5-2-1-3-6-9/h1-8H,(H,12,13). The monoisotopic (exact) mass is 215 g/mol. The van der Waals surface area contributed by atoms with E-state index in [1.807, 2.05) is 30.3 Å². The molecule has 0 amide bonds. The summed E-state index contributed by atoms with van der Waals surface area (Å²) in [6.07, 6.45) is 0. The summed E-state index contributed by atoms with van der Waals surface area (Å²) in [4.78, 5) is 13.9. The lowest BCUT2D eigenvalue weighted by Gasteiger charge is -2.01. The Hall–Kier alpha value is -2.43. The molecular formula is C11H9N3O2. The van der Waals surface area contributed by atoms with E-state index in [0.29, 0.717) is 5.82 Å². The van der Waals surface area contributed by atoms with Crippen molar-refractivity contribution < 1.29 is 4.92 Å². The fourth-order valence-electron chi connectivity index (χ4n) is 1.26. The molecule has 1 aromatic carbocycles. The highest BCUT2D eigenvalue weighted by atomic mass is 16.6. The predicted molar refractivity (Wildman–Crippen MR) is 60.6 cm³/mol. The van der Waals surface area contributed by atoms with Crippen molar-refractivity contribution in [1.82, 2.24) is 4.98 Å². The average molecular weight is 215 g/mol. The summed E-state index contributed by atoms with van der Waals surface area (Å²) >= 11 is 0. The van der Waals surface area contributed by atoms with Gasteiger partial charge in [-0.1, -0.05) is 18.2 Å². The van der Waals surface area contributed by atoms with Gasteiger partial charge in [0.05, 0.1) is 0 Å². The summed E-state index contributed by atoms with van der Waals surface area (Å²) in [5.41, 5.74) is 0.843. The van der Waals surface area contributed by atoms with E-state index in [9.17, 15) is 10.1 Å². The van der Waals surface area contributed by atoms with Crippen molar-refractivity contribution in [2.75, 3.05) is 5.32 Å². The summed E-state index contributed by atoms with van der Waals surface area (Å²) in [6, 6.07) is 14.0. The second-order valence-corrected chi connectivity index (χ2v) is 3.13. The Morgan fingerprint density at radius 2 is 1.81 bits per heavy atom. The molecule has 0 aliphatic carbocycles. The van der Waals surface area contributed by atoms with Gasteiger partial charge in [0.15, 0.2) is 0 Å². The van der Waals surface area contributed by atoms with Gasteiger partial charge in [-0.25, -0.2) is 0 Å². The van der Waals surface area contributed by atoms with Crippen LogP contribution in [0.1, 0.15) is 0 Å². The molecule has 0 spiro atoms. The van der Waals surface area contributed by atoms with Gasteiger partial charge in [-0.2, -0.15) is 0 Å². The zero-order chi connectivity index (χ0) is 11.4. The van der Waals surface area contributed by atoms with Gasteiger partial charge in [-0.15, -0.1) is 0 Å². The van der Waals surface area contributed by atoms with Crippen molar-refractivity contribution in [2.24, 2.45) is 0 Å². The Bertz CT molecular complexity index is 500. The number of hydrogen-bond acceptors (Lipinski definition) is 4. The van der Waals surface area contributed by atoms with Crippen molar-refractivity contribution in [3.63, 3.8) is 0 Å². The third-order valence-electron chi connectivity index (χ3n) is 1.97. The first kappa shape index (κ1) is 10.1. The fourth-order valence-corrected chi connectivity index (χ4v) is 1.26. The number of nitrogens with one attached hydrogen (secondary N) is 1. The van der Waals surface area contributed by atoms with E-state index >= 15 is 0 Å². The molecular weight excluding hydrogens is 206 g/mol. The highest BCUT2D eigenvalue weighted by molar-refractivity contribution is 5.56. The lowest BCUT2D eigenvalue weighted by molar-refractivity contribution is -0.389. The first-order chi connectivity index (χ1) is 7.75. The molecule has 16 heavy (non-hydrogen) atoms. The summed E-state index contributed by atoms with van der Waals surface area (Å²) < 4.78 is 0. The number of para-hydroxylation sites is 1. The first-order valence-electron chi connectivity index (χ1n) is 4.69. The molecule has 5 nitrogen and oxygen atoms in total. The third kappa shape index (κ3) is 2.33. The van der Waals surface area contributed by atoms with Crippen molar-refractivity contribution >= 4 is 17.3 Å². The molecule has 0 radical (unpaired) electrons. The van der Waals surface area contributed by atoms with E-state index in [4.69, 9.17) is 0 Å². The molecule has 0 fully saturated rings.